The van der Waals surface area contributed by atoms with E-state index in [0.717, 1.165) is 32.1 Å². The molecule has 1 heterocycles. The number of hydrogen-bond donors (Lipinski definition) is 2. The maximum Gasteiger partial charge on any atom is 0.0558 e. The Hall–Kier alpha value is -0.120. The van der Waals surface area contributed by atoms with Crippen molar-refractivity contribution in [2.24, 2.45) is 5.92 Å². The van der Waals surface area contributed by atoms with Crippen LogP contribution in [0.2, 0.25) is 0 Å². The lowest BCUT2D eigenvalue weighted by molar-refractivity contribution is 0.122. The van der Waals surface area contributed by atoms with E-state index in [1.54, 1.807) is 0 Å². The second-order valence-electron chi connectivity index (χ2n) is 4.48. The van der Waals surface area contributed by atoms with E-state index in [1.165, 1.54) is 12.8 Å². The maximum atomic E-state index is 8.91. The highest BCUT2D eigenvalue weighted by Gasteiger charge is 2.23. The molecule has 14 heavy (non-hydrogen) atoms. The first-order valence-electron chi connectivity index (χ1n) is 5.82. The predicted molar refractivity (Wildman–Crippen MR) is 59.4 cm³/mol. The van der Waals surface area contributed by atoms with Crippen LogP contribution in [0, 0.1) is 5.92 Å². The highest BCUT2D eigenvalue weighted by molar-refractivity contribution is 4.81. The molecule has 2 unspecified atom stereocenters. The van der Waals surface area contributed by atoms with E-state index in [1.807, 2.05) is 0 Å². The monoisotopic (exact) mass is 200 g/mol. The third-order valence-corrected chi connectivity index (χ3v) is 2.83. The number of piperidine rings is 1. The minimum Gasteiger partial charge on any atom is -0.395 e. The Bertz CT molecular complexity index is 152. The van der Waals surface area contributed by atoms with Crippen LogP contribution in [-0.2, 0) is 0 Å². The van der Waals surface area contributed by atoms with Crippen LogP contribution in [0.15, 0.2) is 0 Å². The van der Waals surface area contributed by atoms with Gasteiger partial charge in [-0.3, -0.25) is 4.90 Å². The van der Waals surface area contributed by atoms with E-state index < -0.39 is 0 Å². The summed E-state index contributed by atoms with van der Waals surface area (Å²) in [4.78, 5) is 2.36. The van der Waals surface area contributed by atoms with Gasteiger partial charge in [0.15, 0.2) is 0 Å². The van der Waals surface area contributed by atoms with E-state index in [-0.39, 0.29) is 6.61 Å². The second kappa shape index (κ2) is 6.38. The molecule has 3 heteroatoms. The van der Waals surface area contributed by atoms with Crippen molar-refractivity contribution in [3.63, 3.8) is 0 Å². The molecule has 0 bridgehead atoms. The van der Waals surface area contributed by atoms with Crippen molar-refractivity contribution in [1.29, 1.82) is 0 Å². The normalized spacial score (nSPS) is 29.4. The number of hydrogen-bond acceptors (Lipinski definition) is 3. The molecule has 0 saturated carbocycles. The first-order valence-corrected chi connectivity index (χ1v) is 5.82. The van der Waals surface area contributed by atoms with Gasteiger partial charge in [-0.25, -0.2) is 0 Å². The van der Waals surface area contributed by atoms with Crippen LogP contribution in [-0.4, -0.2) is 48.8 Å². The summed E-state index contributed by atoms with van der Waals surface area (Å²) in [6.07, 6.45) is 2.48. The third-order valence-electron chi connectivity index (χ3n) is 2.83. The minimum absolute atomic E-state index is 0.285. The number of β-amino-alcohol motifs (C(OH)–C–C–N with tert-alkyl or cyclic N) is 1. The summed E-state index contributed by atoms with van der Waals surface area (Å²) >= 11 is 0. The number of aliphatic hydroxyl groups excluding tert-OH is 1. The van der Waals surface area contributed by atoms with Crippen molar-refractivity contribution < 1.29 is 5.11 Å². The van der Waals surface area contributed by atoms with Crippen molar-refractivity contribution in [2.45, 2.75) is 32.7 Å². The van der Waals surface area contributed by atoms with Gasteiger partial charge in [0, 0.05) is 25.7 Å². The van der Waals surface area contributed by atoms with Gasteiger partial charge in [0.25, 0.3) is 0 Å². The van der Waals surface area contributed by atoms with Crippen LogP contribution in [0.4, 0.5) is 0 Å². The lowest BCUT2D eigenvalue weighted by atomic mass is 9.96. The van der Waals surface area contributed by atoms with Crippen LogP contribution in [0.3, 0.4) is 0 Å². The molecule has 0 amide bonds. The second-order valence-corrected chi connectivity index (χ2v) is 4.48. The Kier molecular flexibility index (Phi) is 5.45. The Labute approximate surface area is 87.5 Å². The molecule has 1 rings (SSSR count). The highest BCUT2D eigenvalue weighted by Crippen LogP contribution is 2.15. The SMILES string of the molecule is CCCNC1CC(C)CN(CCO)C1. The average molecular weight is 200 g/mol. The van der Waals surface area contributed by atoms with Gasteiger partial charge in [-0.2, -0.15) is 0 Å². The molecule has 0 spiro atoms. The van der Waals surface area contributed by atoms with E-state index in [2.05, 4.69) is 24.1 Å². The lowest BCUT2D eigenvalue weighted by Gasteiger charge is -2.36. The largest absolute Gasteiger partial charge is 0.395 e. The smallest absolute Gasteiger partial charge is 0.0558 e. The van der Waals surface area contributed by atoms with Crippen molar-refractivity contribution in [1.82, 2.24) is 10.2 Å². The van der Waals surface area contributed by atoms with Crippen molar-refractivity contribution in [3.8, 4) is 0 Å². The molecule has 1 aliphatic heterocycles. The van der Waals surface area contributed by atoms with Crippen LogP contribution in [0.1, 0.15) is 26.7 Å². The zero-order chi connectivity index (χ0) is 10.4. The van der Waals surface area contributed by atoms with Crippen molar-refractivity contribution in [2.75, 3.05) is 32.8 Å². The quantitative estimate of drug-likeness (QED) is 0.685. The number of aliphatic hydroxyl groups is 1. The molecule has 1 aliphatic rings. The summed E-state index contributed by atoms with van der Waals surface area (Å²) in [5, 5.41) is 12.5. The molecular formula is C11H24N2O. The summed E-state index contributed by atoms with van der Waals surface area (Å²) in [5.74, 6) is 0.754. The molecule has 0 aliphatic carbocycles. The van der Waals surface area contributed by atoms with E-state index in [9.17, 15) is 0 Å². The van der Waals surface area contributed by atoms with Gasteiger partial charge in [0.2, 0.25) is 0 Å². The van der Waals surface area contributed by atoms with Gasteiger partial charge in [-0.1, -0.05) is 13.8 Å². The molecule has 1 fully saturated rings. The Morgan fingerprint density at radius 1 is 1.43 bits per heavy atom. The zero-order valence-corrected chi connectivity index (χ0v) is 9.50. The zero-order valence-electron chi connectivity index (χ0n) is 9.50. The molecule has 0 radical (unpaired) electrons. The molecule has 1 saturated heterocycles. The predicted octanol–water partition coefficient (Wildman–Crippen LogP) is 0.689. The topological polar surface area (TPSA) is 35.5 Å². The number of nitrogens with zero attached hydrogens (tertiary/aromatic N) is 1. The van der Waals surface area contributed by atoms with Gasteiger partial charge in [-0.05, 0) is 25.3 Å². The molecule has 2 atom stereocenters. The van der Waals surface area contributed by atoms with Gasteiger partial charge in [0.1, 0.15) is 0 Å². The number of nitrogens with one attached hydrogen (secondary N) is 1. The lowest BCUT2D eigenvalue weighted by Crippen LogP contribution is -2.49. The standard InChI is InChI=1S/C11H24N2O/c1-3-4-12-11-7-10(2)8-13(9-11)5-6-14/h10-12,14H,3-9H2,1-2H3. The first kappa shape index (κ1) is 12.0. The molecule has 84 valence electrons. The summed E-state index contributed by atoms with van der Waals surface area (Å²) in [6, 6.07) is 0.630. The molecule has 0 aromatic carbocycles. The molecule has 3 nitrogen and oxygen atoms in total. The van der Waals surface area contributed by atoms with E-state index in [4.69, 9.17) is 5.11 Å². The Morgan fingerprint density at radius 2 is 2.21 bits per heavy atom. The Balaban J connectivity index is 2.29. The van der Waals surface area contributed by atoms with Gasteiger partial charge in [-0.15, -0.1) is 0 Å². The molecule has 2 N–H and O–H groups in total. The fraction of sp³-hybridized carbons (Fsp3) is 1.00. The average Bonchev–Trinajstić information content (AvgIpc) is 2.14. The summed E-state index contributed by atoms with van der Waals surface area (Å²) in [6.45, 7) is 8.97. The van der Waals surface area contributed by atoms with Crippen molar-refractivity contribution >= 4 is 0 Å². The van der Waals surface area contributed by atoms with Crippen molar-refractivity contribution in [3.05, 3.63) is 0 Å². The van der Waals surface area contributed by atoms with E-state index in [0.29, 0.717) is 6.04 Å². The highest BCUT2D eigenvalue weighted by atomic mass is 16.3. The van der Waals surface area contributed by atoms with Gasteiger partial charge >= 0.3 is 0 Å². The summed E-state index contributed by atoms with van der Waals surface area (Å²) in [7, 11) is 0. The molecule has 0 aromatic heterocycles. The fourth-order valence-electron chi connectivity index (χ4n) is 2.28. The number of likely N-dealkylation sites (tertiary alicyclic amines) is 1. The van der Waals surface area contributed by atoms with Gasteiger partial charge in [0.05, 0.1) is 6.61 Å². The van der Waals surface area contributed by atoms with Gasteiger partial charge < -0.3 is 10.4 Å². The number of rotatable bonds is 5. The fourth-order valence-corrected chi connectivity index (χ4v) is 2.28. The molecule has 0 aromatic rings. The van der Waals surface area contributed by atoms with Crippen LogP contribution >= 0.6 is 0 Å². The van der Waals surface area contributed by atoms with E-state index >= 15 is 0 Å². The maximum absolute atomic E-state index is 8.91. The van der Waals surface area contributed by atoms with Crippen LogP contribution in [0.5, 0.6) is 0 Å². The van der Waals surface area contributed by atoms with Crippen LogP contribution < -0.4 is 5.32 Å². The van der Waals surface area contributed by atoms with Crippen LogP contribution in [0.25, 0.3) is 0 Å². The third kappa shape index (κ3) is 3.95. The molecular weight excluding hydrogens is 176 g/mol. The minimum atomic E-state index is 0.285. The summed E-state index contributed by atoms with van der Waals surface area (Å²) in [5.41, 5.74) is 0. The Morgan fingerprint density at radius 3 is 2.86 bits per heavy atom. The summed E-state index contributed by atoms with van der Waals surface area (Å²) < 4.78 is 0. The first-order chi connectivity index (χ1) is 6.76.